The average Bonchev–Trinajstić information content (AvgIpc) is 3.15. The van der Waals surface area contributed by atoms with Gasteiger partial charge in [0.2, 0.25) is 5.91 Å². The molecule has 2 aliphatic carbocycles. The van der Waals surface area contributed by atoms with E-state index in [0.29, 0.717) is 6.42 Å². The molecule has 8 nitrogen and oxygen atoms in total. The van der Waals surface area contributed by atoms with Crippen LogP contribution in [0.2, 0.25) is 0 Å². The Morgan fingerprint density at radius 2 is 1.96 bits per heavy atom. The molecule has 126 valence electrons. The van der Waals surface area contributed by atoms with Crippen molar-refractivity contribution >= 4 is 23.3 Å². The fraction of sp³-hybridized carbons (Fsp3) is 0.375. The zero-order valence-electron chi connectivity index (χ0n) is 12.8. The summed E-state index contributed by atoms with van der Waals surface area (Å²) in [7, 11) is 1.34. The quantitative estimate of drug-likeness (QED) is 0.484. The third kappa shape index (κ3) is 2.60. The number of hydrogen-bond acceptors (Lipinski definition) is 5. The van der Waals surface area contributed by atoms with Gasteiger partial charge in [0, 0.05) is 6.07 Å². The van der Waals surface area contributed by atoms with Crippen LogP contribution in [0.4, 0.5) is 11.4 Å². The number of amides is 1. The number of carboxylic acids is 1. The van der Waals surface area contributed by atoms with E-state index in [2.05, 4.69) is 5.32 Å². The molecule has 1 aromatic rings. The molecular formula is C16H16N2O6. The lowest BCUT2D eigenvalue weighted by molar-refractivity contribution is -0.384. The Morgan fingerprint density at radius 1 is 1.29 bits per heavy atom. The second-order valence-corrected chi connectivity index (χ2v) is 5.97. The number of carbonyl (C=O) groups excluding carboxylic acids is 1. The van der Waals surface area contributed by atoms with Crippen molar-refractivity contribution in [3.63, 3.8) is 0 Å². The van der Waals surface area contributed by atoms with Crippen molar-refractivity contribution in [1.29, 1.82) is 0 Å². The number of rotatable bonds is 5. The standard InChI is InChI=1S/C16H16N2O6/c1-24-12-7-10(18(22)23)4-5-11(12)17-15(19)13-8-2-3-9(6-8)14(13)16(20)21/h2-5,7-9,13-14H,6H2,1H3,(H,17,19)(H,20,21)/t8-,9+,13-,14+/m1/s1. The first-order valence-corrected chi connectivity index (χ1v) is 7.46. The van der Waals surface area contributed by atoms with Gasteiger partial charge >= 0.3 is 5.97 Å². The van der Waals surface area contributed by atoms with Gasteiger partial charge in [0.15, 0.2) is 0 Å². The molecule has 0 spiro atoms. The fourth-order valence-electron chi connectivity index (χ4n) is 3.63. The molecule has 0 heterocycles. The van der Waals surface area contributed by atoms with Gasteiger partial charge < -0.3 is 15.2 Å². The Balaban J connectivity index is 1.83. The lowest BCUT2D eigenvalue weighted by atomic mass is 9.82. The molecule has 24 heavy (non-hydrogen) atoms. The maximum Gasteiger partial charge on any atom is 0.307 e. The third-order valence-corrected chi connectivity index (χ3v) is 4.70. The molecule has 0 radical (unpaired) electrons. The van der Waals surface area contributed by atoms with Gasteiger partial charge in [0.05, 0.1) is 35.6 Å². The highest BCUT2D eigenvalue weighted by Crippen LogP contribution is 2.48. The van der Waals surface area contributed by atoms with Crippen LogP contribution < -0.4 is 10.1 Å². The Kier molecular flexibility index (Phi) is 3.96. The lowest BCUT2D eigenvalue weighted by Crippen LogP contribution is -2.36. The summed E-state index contributed by atoms with van der Waals surface area (Å²) in [6.07, 6.45) is 4.41. The van der Waals surface area contributed by atoms with E-state index in [-0.39, 0.29) is 29.0 Å². The minimum Gasteiger partial charge on any atom is -0.494 e. The number of nitro groups is 1. The number of carboxylic acid groups (broad SMARTS) is 1. The fourth-order valence-corrected chi connectivity index (χ4v) is 3.63. The highest BCUT2D eigenvalue weighted by Gasteiger charge is 2.51. The molecule has 1 aromatic carbocycles. The summed E-state index contributed by atoms with van der Waals surface area (Å²) in [4.78, 5) is 34.3. The van der Waals surface area contributed by atoms with Gasteiger partial charge in [0.25, 0.3) is 5.69 Å². The second-order valence-electron chi connectivity index (χ2n) is 5.97. The number of hydrogen-bond donors (Lipinski definition) is 2. The van der Waals surface area contributed by atoms with Gasteiger partial charge in [-0.3, -0.25) is 19.7 Å². The van der Waals surface area contributed by atoms with Crippen molar-refractivity contribution in [2.75, 3.05) is 12.4 Å². The molecule has 2 bridgehead atoms. The summed E-state index contributed by atoms with van der Waals surface area (Å²) in [6, 6.07) is 3.85. The van der Waals surface area contributed by atoms with Gasteiger partial charge in [-0.2, -0.15) is 0 Å². The van der Waals surface area contributed by atoms with Crippen LogP contribution in [0.25, 0.3) is 0 Å². The second kappa shape index (κ2) is 5.95. The molecule has 0 aromatic heterocycles. The topological polar surface area (TPSA) is 119 Å². The van der Waals surface area contributed by atoms with Gasteiger partial charge in [-0.05, 0) is 24.3 Å². The smallest absolute Gasteiger partial charge is 0.307 e. The molecular weight excluding hydrogens is 316 g/mol. The molecule has 1 amide bonds. The SMILES string of the molecule is COc1cc([N+](=O)[O-])ccc1NC(=O)[C@H]1[C@@H](C(=O)O)[C@H]2C=C[C@@H]1C2. The predicted molar refractivity (Wildman–Crippen MR) is 83.6 cm³/mol. The number of benzene rings is 1. The van der Waals surface area contributed by atoms with E-state index >= 15 is 0 Å². The Hall–Kier alpha value is -2.90. The van der Waals surface area contributed by atoms with E-state index in [4.69, 9.17) is 4.74 Å². The maximum absolute atomic E-state index is 12.6. The Bertz CT molecular complexity index is 744. The molecule has 0 saturated heterocycles. The summed E-state index contributed by atoms with van der Waals surface area (Å²) in [5, 5.41) is 22.9. The van der Waals surface area contributed by atoms with Crippen molar-refractivity contribution in [1.82, 2.24) is 0 Å². The highest BCUT2D eigenvalue weighted by molar-refractivity contribution is 5.97. The molecule has 8 heteroatoms. The van der Waals surface area contributed by atoms with Crippen LogP contribution in [0.1, 0.15) is 6.42 Å². The van der Waals surface area contributed by atoms with Crippen molar-refractivity contribution < 1.29 is 24.4 Å². The van der Waals surface area contributed by atoms with Crippen LogP contribution in [-0.4, -0.2) is 29.0 Å². The number of fused-ring (bicyclic) bond motifs is 2. The van der Waals surface area contributed by atoms with Gasteiger partial charge in [0.1, 0.15) is 5.75 Å². The number of aliphatic carboxylic acids is 1. The maximum atomic E-state index is 12.6. The van der Waals surface area contributed by atoms with E-state index in [1.165, 1.54) is 25.3 Å². The van der Waals surface area contributed by atoms with Crippen LogP contribution in [0.3, 0.4) is 0 Å². The molecule has 1 fully saturated rings. The van der Waals surface area contributed by atoms with Gasteiger partial charge in [-0.15, -0.1) is 0 Å². The number of nitro benzene ring substituents is 1. The normalized spacial score (nSPS) is 27.0. The number of carbonyl (C=O) groups is 2. The number of nitrogens with zero attached hydrogens (tertiary/aromatic N) is 1. The predicted octanol–water partition coefficient (Wildman–Crippen LogP) is 2.06. The highest BCUT2D eigenvalue weighted by atomic mass is 16.6. The van der Waals surface area contributed by atoms with E-state index in [0.717, 1.165) is 0 Å². The molecule has 2 N–H and O–H groups in total. The first-order chi connectivity index (χ1) is 11.4. The van der Waals surface area contributed by atoms with E-state index in [1.807, 2.05) is 12.2 Å². The van der Waals surface area contributed by atoms with Crippen LogP contribution >= 0.6 is 0 Å². The summed E-state index contributed by atoms with van der Waals surface area (Å²) >= 11 is 0. The number of anilines is 1. The van der Waals surface area contributed by atoms with E-state index in [9.17, 15) is 24.8 Å². The Labute approximate surface area is 137 Å². The number of ether oxygens (including phenoxy) is 1. The molecule has 1 saturated carbocycles. The van der Waals surface area contributed by atoms with Crippen LogP contribution in [0.15, 0.2) is 30.4 Å². The minimum atomic E-state index is -0.984. The monoisotopic (exact) mass is 332 g/mol. The molecule has 0 unspecified atom stereocenters. The summed E-state index contributed by atoms with van der Waals surface area (Å²) in [5.74, 6) is -2.86. The van der Waals surface area contributed by atoms with Crippen molar-refractivity contribution in [3.05, 3.63) is 40.5 Å². The zero-order valence-corrected chi connectivity index (χ0v) is 12.8. The third-order valence-electron chi connectivity index (χ3n) is 4.70. The Morgan fingerprint density at radius 3 is 2.54 bits per heavy atom. The lowest BCUT2D eigenvalue weighted by Gasteiger charge is -2.24. The summed E-state index contributed by atoms with van der Waals surface area (Å²) in [5.41, 5.74) is 0.125. The molecule has 0 aliphatic heterocycles. The minimum absolute atomic E-state index is 0.0971. The van der Waals surface area contributed by atoms with Gasteiger partial charge in [-0.1, -0.05) is 12.2 Å². The van der Waals surface area contributed by atoms with E-state index < -0.39 is 28.6 Å². The van der Waals surface area contributed by atoms with Crippen LogP contribution in [0, 0.1) is 33.8 Å². The van der Waals surface area contributed by atoms with Crippen LogP contribution in [-0.2, 0) is 9.59 Å². The number of allylic oxidation sites excluding steroid dienone is 2. The molecule has 3 rings (SSSR count). The average molecular weight is 332 g/mol. The number of methoxy groups -OCH3 is 1. The van der Waals surface area contributed by atoms with Crippen molar-refractivity contribution in [3.8, 4) is 5.75 Å². The van der Waals surface area contributed by atoms with Crippen molar-refractivity contribution in [2.24, 2.45) is 23.7 Å². The van der Waals surface area contributed by atoms with Crippen LogP contribution in [0.5, 0.6) is 5.75 Å². The molecule has 2 aliphatic rings. The zero-order chi connectivity index (χ0) is 17.4. The summed E-state index contributed by atoms with van der Waals surface area (Å²) in [6.45, 7) is 0. The first kappa shape index (κ1) is 16.0. The first-order valence-electron chi connectivity index (χ1n) is 7.46. The largest absolute Gasteiger partial charge is 0.494 e. The van der Waals surface area contributed by atoms with Gasteiger partial charge in [-0.25, -0.2) is 0 Å². The van der Waals surface area contributed by atoms with Crippen molar-refractivity contribution in [2.45, 2.75) is 6.42 Å². The number of non-ortho nitro benzene ring substituents is 1. The van der Waals surface area contributed by atoms with E-state index in [1.54, 1.807) is 0 Å². The summed E-state index contributed by atoms with van der Waals surface area (Å²) < 4.78 is 5.09. The molecule has 4 atom stereocenters. The number of nitrogens with one attached hydrogen (secondary N) is 1.